The van der Waals surface area contributed by atoms with Crippen molar-refractivity contribution in [3.63, 3.8) is 0 Å². The first-order valence-corrected chi connectivity index (χ1v) is 6.59. The van der Waals surface area contributed by atoms with Crippen LogP contribution in [0.1, 0.15) is 38.4 Å². The number of aryl methyl sites for hydroxylation is 1. The zero-order valence-corrected chi connectivity index (χ0v) is 12.4. The van der Waals surface area contributed by atoms with E-state index in [1.165, 1.54) is 7.05 Å². The molecular weight excluding hydrogens is 353 g/mol. The number of halogens is 5. The molecule has 134 valence electrons. The Bertz CT molecular complexity index is 830. The van der Waals surface area contributed by atoms with Crippen molar-refractivity contribution in [1.82, 2.24) is 9.78 Å². The Kier molecular flexibility index (Phi) is 4.77. The van der Waals surface area contributed by atoms with Gasteiger partial charge in [0.15, 0.2) is 0 Å². The number of para-hydroxylation sites is 1. The summed E-state index contributed by atoms with van der Waals surface area (Å²) < 4.78 is 65.9. The lowest BCUT2D eigenvalue weighted by Gasteiger charge is -2.16. The Balaban J connectivity index is 2.53. The van der Waals surface area contributed by atoms with Crippen molar-refractivity contribution in [2.24, 2.45) is 7.05 Å². The third-order valence-corrected chi connectivity index (χ3v) is 3.15. The van der Waals surface area contributed by atoms with Gasteiger partial charge >= 0.3 is 12.1 Å². The molecule has 2 N–H and O–H groups in total. The molecule has 11 heteroatoms. The minimum absolute atomic E-state index is 0.569. The van der Waals surface area contributed by atoms with Gasteiger partial charge in [0.2, 0.25) is 0 Å². The molecule has 0 atom stereocenters. The lowest BCUT2D eigenvalue weighted by molar-refractivity contribution is -0.136. The molecule has 0 aliphatic rings. The van der Waals surface area contributed by atoms with E-state index in [-0.39, 0.29) is 0 Å². The van der Waals surface area contributed by atoms with Gasteiger partial charge in [0, 0.05) is 13.2 Å². The number of carboxylic acids is 1. The molecule has 1 heterocycles. The van der Waals surface area contributed by atoms with Crippen LogP contribution >= 0.6 is 0 Å². The van der Waals surface area contributed by atoms with Gasteiger partial charge in [-0.3, -0.25) is 9.48 Å². The predicted molar refractivity (Wildman–Crippen MR) is 74.5 cm³/mol. The van der Waals surface area contributed by atoms with Crippen LogP contribution in [0.15, 0.2) is 24.4 Å². The molecule has 0 saturated carbocycles. The third-order valence-electron chi connectivity index (χ3n) is 3.15. The smallest absolute Gasteiger partial charge is 0.418 e. The first-order chi connectivity index (χ1) is 11.5. The van der Waals surface area contributed by atoms with E-state index in [0.717, 1.165) is 23.0 Å². The molecule has 0 saturated heterocycles. The van der Waals surface area contributed by atoms with E-state index in [4.69, 9.17) is 5.11 Å². The van der Waals surface area contributed by atoms with Crippen molar-refractivity contribution < 1.29 is 36.6 Å². The average Bonchev–Trinajstić information content (AvgIpc) is 2.88. The molecular formula is C14H10F5N3O3. The quantitative estimate of drug-likeness (QED) is 0.816. The number of hydrogen-bond acceptors (Lipinski definition) is 3. The van der Waals surface area contributed by atoms with Crippen LogP contribution in [0.2, 0.25) is 0 Å². The summed E-state index contributed by atoms with van der Waals surface area (Å²) in [6, 6.07) is 2.28. The van der Waals surface area contributed by atoms with Gasteiger partial charge in [-0.05, 0) is 12.1 Å². The van der Waals surface area contributed by atoms with Crippen LogP contribution in [0.4, 0.5) is 27.6 Å². The van der Waals surface area contributed by atoms with E-state index in [0.29, 0.717) is 6.07 Å². The number of nitrogens with zero attached hydrogens (tertiary/aromatic N) is 2. The van der Waals surface area contributed by atoms with Crippen molar-refractivity contribution in [2.75, 3.05) is 5.32 Å². The summed E-state index contributed by atoms with van der Waals surface area (Å²) in [5.74, 6) is -3.05. The Morgan fingerprint density at radius 3 is 2.40 bits per heavy atom. The van der Waals surface area contributed by atoms with Crippen LogP contribution in [-0.2, 0) is 13.2 Å². The fourth-order valence-corrected chi connectivity index (χ4v) is 2.12. The highest BCUT2D eigenvalue weighted by Gasteiger charge is 2.36. The molecule has 2 aromatic rings. The number of carbonyl (C=O) groups excluding carboxylic acids is 1. The Morgan fingerprint density at radius 1 is 1.24 bits per heavy atom. The van der Waals surface area contributed by atoms with Crippen LogP contribution in [0, 0.1) is 0 Å². The maximum atomic E-state index is 13.1. The molecule has 2 rings (SSSR count). The second kappa shape index (κ2) is 6.49. The van der Waals surface area contributed by atoms with Gasteiger partial charge in [0.25, 0.3) is 12.3 Å². The minimum atomic E-state index is -4.96. The first kappa shape index (κ1) is 18.4. The van der Waals surface area contributed by atoms with E-state index in [1.54, 1.807) is 5.32 Å². The SMILES string of the molecule is Cn1cc(C(=O)Nc2c(C(=O)O)cccc2C(F)(F)F)c(C(F)F)n1. The molecule has 0 radical (unpaired) electrons. The highest BCUT2D eigenvalue weighted by molar-refractivity contribution is 6.09. The summed E-state index contributed by atoms with van der Waals surface area (Å²) in [6.45, 7) is 0. The average molecular weight is 363 g/mol. The number of rotatable bonds is 4. The number of nitrogens with one attached hydrogen (secondary N) is 1. The lowest BCUT2D eigenvalue weighted by Crippen LogP contribution is -2.20. The molecule has 1 amide bonds. The van der Waals surface area contributed by atoms with Crippen LogP contribution in [0.25, 0.3) is 0 Å². The maximum Gasteiger partial charge on any atom is 0.418 e. The van der Waals surface area contributed by atoms with Crippen LogP contribution in [0.5, 0.6) is 0 Å². The van der Waals surface area contributed by atoms with Gasteiger partial charge in [0.1, 0.15) is 5.69 Å². The number of alkyl halides is 5. The van der Waals surface area contributed by atoms with Gasteiger partial charge in [-0.15, -0.1) is 0 Å². The largest absolute Gasteiger partial charge is 0.478 e. The van der Waals surface area contributed by atoms with Crippen LogP contribution in [0.3, 0.4) is 0 Å². The highest BCUT2D eigenvalue weighted by Crippen LogP contribution is 2.37. The summed E-state index contributed by atoms with van der Waals surface area (Å²) in [4.78, 5) is 23.3. The molecule has 6 nitrogen and oxygen atoms in total. The number of amides is 1. The normalized spacial score (nSPS) is 11.6. The molecule has 25 heavy (non-hydrogen) atoms. The maximum absolute atomic E-state index is 13.1. The standard InChI is InChI=1S/C14H10F5N3O3/c1-22-5-7(10(21-22)11(15)16)12(23)20-9-6(13(24)25)3-2-4-8(9)14(17,18)19/h2-5,11H,1H3,(H,20,23)(H,24,25). The second-order valence-electron chi connectivity index (χ2n) is 4.89. The van der Waals surface area contributed by atoms with Crippen molar-refractivity contribution in [3.05, 3.63) is 46.8 Å². The van der Waals surface area contributed by atoms with Crippen molar-refractivity contribution >= 4 is 17.6 Å². The molecule has 1 aromatic carbocycles. The minimum Gasteiger partial charge on any atom is -0.478 e. The number of anilines is 1. The van der Waals surface area contributed by atoms with Gasteiger partial charge in [0.05, 0.1) is 22.4 Å². The third kappa shape index (κ3) is 3.75. The number of aromatic nitrogens is 2. The number of benzene rings is 1. The molecule has 0 bridgehead atoms. The number of hydrogen-bond donors (Lipinski definition) is 2. The first-order valence-electron chi connectivity index (χ1n) is 6.59. The summed E-state index contributed by atoms with van der Waals surface area (Å²) in [5, 5.41) is 14.2. The molecule has 0 spiro atoms. The Morgan fingerprint density at radius 2 is 1.88 bits per heavy atom. The highest BCUT2D eigenvalue weighted by atomic mass is 19.4. The lowest BCUT2D eigenvalue weighted by atomic mass is 10.1. The topological polar surface area (TPSA) is 84.2 Å². The second-order valence-corrected chi connectivity index (χ2v) is 4.89. The zero-order valence-electron chi connectivity index (χ0n) is 12.4. The Labute approximate surface area is 136 Å². The van der Waals surface area contributed by atoms with Gasteiger partial charge in [-0.1, -0.05) is 6.07 Å². The fourth-order valence-electron chi connectivity index (χ4n) is 2.12. The molecule has 0 aliphatic heterocycles. The van der Waals surface area contributed by atoms with Gasteiger partial charge in [-0.25, -0.2) is 13.6 Å². The summed E-state index contributed by atoms with van der Waals surface area (Å²) in [5.41, 5.74) is -4.86. The van der Waals surface area contributed by atoms with Gasteiger partial charge in [-0.2, -0.15) is 18.3 Å². The van der Waals surface area contributed by atoms with E-state index >= 15 is 0 Å². The number of aromatic carboxylic acids is 1. The van der Waals surface area contributed by atoms with Crippen molar-refractivity contribution in [2.45, 2.75) is 12.6 Å². The number of carboxylic acid groups (broad SMARTS) is 1. The van der Waals surface area contributed by atoms with E-state index < -0.39 is 52.5 Å². The van der Waals surface area contributed by atoms with Crippen molar-refractivity contribution in [1.29, 1.82) is 0 Å². The number of carbonyl (C=O) groups is 2. The zero-order chi connectivity index (χ0) is 18.9. The molecule has 0 unspecified atom stereocenters. The van der Waals surface area contributed by atoms with Crippen molar-refractivity contribution in [3.8, 4) is 0 Å². The summed E-state index contributed by atoms with van der Waals surface area (Å²) in [7, 11) is 1.25. The van der Waals surface area contributed by atoms with E-state index in [1.807, 2.05) is 0 Å². The van der Waals surface area contributed by atoms with E-state index in [2.05, 4.69) is 5.10 Å². The van der Waals surface area contributed by atoms with Crippen LogP contribution < -0.4 is 5.32 Å². The van der Waals surface area contributed by atoms with E-state index in [9.17, 15) is 31.5 Å². The summed E-state index contributed by atoms with van der Waals surface area (Å²) >= 11 is 0. The van der Waals surface area contributed by atoms with Crippen LogP contribution in [-0.4, -0.2) is 26.8 Å². The Hall–Kier alpha value is -2.98. The predicted octanol–water partition coefficient (Wildman–Crippen LogP) is 3.33. The molecule has 1 aromatic heterocycles. The monoisotopic (exact) mass is 363 g/mol. The summed E-state index contributed by atoms with van der Waals surface area (Å²) in [6.07, 6.45) is -7.21. The van der Waals surface area contributed by atoms with Gasteiger partial charge < -0.3 is 10.4 Å². The molecule has 0 fully saturated rings. The molecule has 0 aliphatic carbocycles. The fraction of sp³-hybridized carbons (Fsp3) is 0.214.